The van der Waals surface area contributed by atoms with Gasteiger partial charge in [0, 0.05) is 0 Å². The molecule has 1 aromatic carbocycles. The molecule has 1 rings (SSSR count). The molecule has 0 radical (unpaired) electrons. The Morgan fingerprint density at radius 2 is 1.54 bits per heavy atom. The van der Waals surface area contributed by atoms with Gasteiger partial charge in [-0.05, 0) is 0 Å². The zero-order chi connectivity index (χ0) is 6.69. The summed E-state index contributed by atoms with van der Waals surface area (Å²) in [5.74, 6) is -0.278. The van der Waals surface area contributed by atoms with Crippen LogP contribution in [-0.2, 0) is 25.8 Å². The van der Waals surface area contributed by atoms with Crippen LogP contribution in [0.2, 0.25) is 0 Å². The van der Waals surface area contributed by atoms with Crippen molar-refractivity contribution in [3.8, 4) is 0 Å². The van der Waals surface area contributed by atoms with Crippen molar-refractivity contribution in [2.24, 2.45) is 0 Å². The fourth-order valence-electron chi connectivity index (χ4n) is 0.628. The summed E-state index contributed by atoms with van der Waals surface area (Å²) in [6.07, 6.45) is 0. The molecule has 13 heavy (non-hydrogen) atoms. The van der Waals surface area contributed by atoms with Crippen LogP contribution in [0.3, 0.4) is 0 Å². The van der Waals surface area contributed by atoms with Gasteiger partial charge in [0.05, 0.1) is 7.11 Å². The molecular formula is C10H16O2Pt. The molecule has 0 aliphatic rings. The zero-order valence-corrected chi connectivity index (χ0v) is 10.7. The minimum Gasteiger partial charge on any atom is -0.475 e. The fraction of sp³-hybridized carbons (Fsp3) is 0.100. The Labute approximate surface area is 95.9 Å². The Hall–Kier alpha value is -0.492. The third-order valence-electron chi connectivity index (χ3n) is 1.08. The molecule has 0 aliphatic carbocycles. The summed E-state index contributed by atoms with van der Waals surface area (Å²) in [7, 11) is 1.37. The molecule has 78 valence electrons. The van der Waals surface area contributed by atoms with Gasteiger partial charge < -0.3 is 27.0 Å². The van der Waals surface area contributed by atoms with Crippen LogP contribution in [-0.4, -0.2) is 13.1 Å². The van der Waals surface area contributed by atoms with E-state index in [1.807, 2.05) is 0 Å². The van der Waals surface area contributed by atoms with E-state index in [1.54, 1.807) is 24.3 Å². The van der Waals surface area contributed by atoms with Crippen LogP contribution in [0.15, 0.2) is 24.3 Å². The van der Waals surface area contributed by atoms with Gasteiger partial charge in [0.15, 0.2) is 0 Å². The van der Waals surface area contributed by atoms with Crippen LogP contribution in [0, 0.1) is 22.3 Å². The predicted molar refractivity (Wildman–Crippen MR) is 52.6 cm³/mol. The number of esters is 1. The standard InChI is InChI=1S/C7H7O2.3CH3.Pt/c1-9-7(8)6-4-2-3-5-6;;;;/h2-5H,1H3;3*1H3;/q4*-1;+4. The van der Waals surface area contributed by atoms with Gasteiger partial charge in [-0.15, -0.1) is 0 Å². The topological polar surface area (TPSA) is 26.3 Å². The second-order valence-electron chi connectivity index (χ2n) is 1.67. The van der Waals surface area contributed by atoms with Crippen LogP contribution >= 0.6 is 0 Å². The Bertz CT molecular complexity index is 193. The monoisotopic (exact) mass is 363 g/mol. The van der Waals surface area contributed by atoms with Crippen molar-refractivity contribution in [2.75, 3.05) is 7.11 Å². The molecule has 0 amide bonds. The molecule has 0 spiro atoms. The molecule has 3 heteroatoms. The Balaban J connectivity index is -0.000000101. The number of carbonyl (C=O) groups is 1. The molecular weight excluding hydrogens is 347 g/mol. The van der Waals surface area contributed by atoms with E-state index in [2.05, 4.69) is 4.74 Å². The Kier molecular flexibility index (Phi) is 20.3. The minimum absolute atomic E-state index is 0. The van der Waals surface area contributed by atoms with E-state index < -0.39 is 0 Å². The number of carbonyl (C=O) groups excluding carboxylic acids is 1. The average molecular weight is 363 g/mol. The second kappa shape index (κ2) is 11.5. The first-order chi connectivity index (χ1) is 4.34. The Morgan fingerprint density at radius 1 is 1.15 bits per heavy atom. The van der Waals surface area contributed by atoms with Crippen molar-refractivity contribution >= 4 is 5.97 Å². The smallest absolute Gasteiger partial charge is 0.475 e. The molecule has 0 atom stereocenters. The minimum atomic E-state index is -0.278. The quantitative estimate of drug-likeness (QED) is 0.566. The molecule has 1 aromatic rings. The summed E-state index contributed by atoms with van der Waals surface area (Å²) in [5, 5.41) is 0. The normalized spacial score (nSPS) is 6.23. The molecule has 0 saturated heterocycles. The third kappa shape index (κ3) is 6.65. The van der Waals surface area contributed by atoms with Gasteiger partial charge in [-0.2, -0.15) is 12.1 Å². The van der Waals surface area contributed by atoms with Crippen LogP contribution in [0.25, 0.3) is 0 Å². The number of hydrogen-bond acceptors (Lipinski definition) is 2. The van der Waals surface area contributed by atoms with Crippen molar-refractivity contribution in [2.45, 2.75) is 0 Å². The van der Waals surface area contributed by atoms with Crippen LogP contribution in [0.5, 0.6) is 0 Å². The molecule has 0 bridgehead atoms. The SMILES string of the molecule is COC(=O)[c-]1cccc1.[CH3-].[CH3-].[CH3-].[Pt+4]. The maximum atomic E-state index is 10.7. The summed E-state index contributed by atoms with van der Waals surface area (Å²) >= 11 is 0. The molecule has 0 N–H and O–H groups in total. The van der Waals surface area contributed by atoms with Gasteiger partial charge in [-0.1, -0.05) is 5.56 Å². The van der Waals surface area contributed by atoms with Crippen LogP contribution in [0.4, 0.5) is 0 Å². The number of hydrogen-bond donors (Lipinski definition) is 0. The van der Waals surface area contributed by atoms with E-state index >= 15 is 0 Å². The average Bonchev–Trinajstić information content (AvgIpc) is 2.37. The molecule has 0 fully saturated rings. The largest absolute Gasteiger partial charge is 4.00 e. The summed E-state index contributed by atoms with van der Waals surface area (Å²) < 4.78 is 4.46. The van der Waals surface area contributed by atoms with E-state index in [1.165, 1.54) is 7.11 Å². The molecule has 0 unspecified atom stereocenters. The maximum Gasteiger partial charge on any atom is 4.00 e. The van der Waals surface area contributed by atoms with Gasteiger partial charge in [0.2, 0.25) is 0 Å². The maximum absolute atomic E-state index is 10.7. The van der Waals surface area contributed by atoms with Crippen molar-refractivity contribution in [3.05, 3.63) is 52.1 Å². The van der Waals surface area contributed by atoms with E-state index in [-0.39, 0.29) is 49.3 Å². The number of rotatable bonds is 1. The van der Waals surface area contributed by atoms with Gasteiger partial charge in [0.25, 0.3) is 5.97 Å². The van der Waals surface area contributed by atoms with Gasteiger partial charge in [0.1, 0.15) is 0 Å². The van der Waals surface area contributed by atoms with E-state index in [0.29, 0.717) is 5.56 Å². The summed E-state index contributed by atoms with van der Waals surface area (Å²) in [5.41, 5.74) is 0.609. The summed E-state index contributed by atoms with van der Waals surface area (Å²) in [4.78, 5) is 10.7. The van der Waals surface area contributed by atoms with Gasteiger partial charge >= 0.3 is 21.1 Å². The predicted octanol–water partition coefficient (Wildman–Crippen LogP) is 2.54. The van der Waals surface area contributed by atoms with E-state index in [4.69, 9.17) is 0 Å². The van der Waals surface area contributed by atoms with E-state index in [0.717, 1.165) is 0 Å². The van der Waals surface area contributed by atoms with Crippen molar-refractivity contribution in [3.63, 3.8) is 0 Å². The number of methoxy groups -OCH3 is 1. The van der Waals surface area contributed by atoms with Crippen molar-refractivity contribution in [1.82, 2.24) is 0 Å². The first-order valence-corrected chi connectivity index (χ1v) is 2.64. The third-order valence-corrected chi connectivity index (χ3v) is 1.08. The van der Waals surface area contributed by atoms with Crippen molar-refractivity contribution in [1.29, 1.82) is 0 Å². The van der Waals surface area contributed by atoms with Crippen molar-refractivity contribution < 1.29 is 30.6 Å². The first kappa shape index (κ1) is 22.9. The molecule has 0 saturated carbocycles. The zero-order valence-electron chi connectivity index (χ0n) is 8.44. The van der Waals surface area contributed by atoms with Crippen LogP contribution in [0.1, 0.15) is 10.4 Å². The molecule has 0 aliphatic heterocycles. The second-order valence-corrected chi connectivity index (χ2v) is 1.67. The first-order valence-electron chi connectivity index (χ1n) is 2.64. The molecule has 0 aromatic heterocycles. The number of ether oxygens (including phenoxy) is 1. The summed E-state index contributed by atoms with van der Waals surface area (Å²) in [6, 6.07) is 7.02. The van der Waals surface area contributed by atoms with Crippen LogP contribution < -0.4 is 0 Å². The molecule has 2 nitrogen and oxygen atoms in total. The Morgan fingerprint density at radius 3 is 1.85 bits per heavy atom. The van der Waals surface area contributed by atoms with Gasteiger partial charge in [-0.3, -0.25) is 4.79 Å². The van der Waals surface area contributed by atoms with Gasteiger partial charge in [-0.25, -0.2) is 12.1 Å². The molecule has 0 heterocycles. The fourth-order valence-corrected chi connectivity index (χ4v) is 0.628. The van der Waals surface area contributed by atoms with E-state index in [9.17, 15) is 4.79 Å². The summed E-state index contributed by atoms with van der Waals surface area (Å²) in [6.45, 7) is 0.